The van der Waals surface area contributed by atoms with Crippen molar-refractivity contribution in [1.29, 1.82) is 0 Å². The zero-order valence-electron chi connectivity index (χ0n) is 24.7. The van der Waals surface area contributed by atoms with Gasteiger partial charge in [0, 0.05) is 18.2 Å². The SMILES string of the molecule is C=C/C=C\C(=C)/C(=C/C(=C\C)CN=C(NC(=NC)c1ccc(C)cc1)/C(C=C)=C/C(=C)/C(C)=C/C=C\C)CC. The first kappa shape index (κ1) is 32.8. The molecule has 0 saturated heterocycles. The maximum Gasteiger partial charge on any atom is 0.134 e. The molecule has 0 heterocycles. The zero-order chi connectivity index (χ0) is 29.2. The maximum absolute atomic E-state index is 5.01. The van der Waals surface area contributed by atoms with E-state index in [1.807, 2.05) is 57.2 Å². The third-order valence-corrected chi connectivity index (χ3v) is 6.03. The topological polar surface area (TPSA) is 36.8 Å². The summed E-state index contributed by atoms with van der Waals surface area (Å²) in [5, 5.41) is 3.47. The van der Waals surface area contributed by atoms with Crippen molar-refractivity contribution < 1.29 is 0 Å². The van der Waals surface area contributed by atoms with Crippen LogP contribution < -0.4 is 5.32 Å². The van der Waals surface area contributed by atoms with Gasteiger partial charge in [0.25, 0.3) is 0 Å². The van der Waals surface area contributed by atoms with E-state index in [-0.39, 0.29) is 0 Å². The lowest BCUT2D eigenvalue weighted by Gasteiger charge is -2.15. The van der Waals surface area contributed by atoms with Gasteiger partial charge in [0.15, 0.2) is 0 Å². The monoisotopic (exact) mass is 519 g/mol. The van der Waals surface area contributed by atoms with Crippen LogP contribution in [0.1, 0.15) is 45.2 Å². The summed E-state index contributed by atoms with van der Waals surface area (Å²) < 4.78 is 0. The van der Waals surface area contributed by atoms with Gasteiger partial charge in [-0.05, 0) is 68.1 Å². The highest BCUT2D eigenvalue weighted by Gasteiger charge is 2.11. The quantitative estimate of drug-likeness (QED) is 0.157. The van der Waals surface area contributed by atoms with E-state index in [1.165, 1.54) is 5.56 Å². The van der Waals surface area contributed by atoms with E-state index in [2.05, 4.69) is 86.9 Å². The van der Waals surface area contributed by atoms with Crippen molar-refractivity contribution in [3.8, 4) is 0 Å². The van der Waals surface area contributed by atoms with Crippen LogP contribution in [0, 0.1) is 6.92 Å². The summed E-state index contributed by atoms with van der Waals surface area (Å²) in [5.74, 6) is 1.39. The van der Waals surface area contributed by atoms with Crippen molar-refractivity contribution in [3.63, 3.8) is 0 Å². The van der Waals surface area contributed by atoms with Crippen LogP contribution in [0.2, 0.25) is 0 Å². The van der Waals surface area contributed by atoms with Crippen LogP contribution in [0.25, 0.3) is 0 Å². The number of aliphatic imine (C=N–C) groups is 2. The minimum atomic E-state index is 0.469. The second-order valence-corrected chi connectivity index (χ2v) is 8.94. The molecule has 0 atom stereocenters. The summed E-state index contributed by atoms with van der Waals surface area (Å²) in [6.45, 7) is 27.0. The van der Waals surface area contributed by atoms with E-state index in [9.17, 15) is 0 Å². The molecule has 1 rings (SSSR count). The average molecular weight is 520 g/mol. The van der Waals surface area contributed by atoms with Crippen molar-refractivity contribution in [3.05, 3.63) is 156 Å². The van der Waals surface area contributed by atoms with Crippen LogP contribution in [0.5, 0.6) is 0 Å². The third kappa shape index (κ3) is 11.4. The highest BCUT2D eigenvalue weighted by molar-refractivity contribution is 6.15. The highest BCUT2D eigenvalue weighted by Crippen LogP contribution is 2.18. The lowest BCUT2D eigenvalue weighted by molar-refractivity contribution is 1.09. The van der Waals surface area contributed by atoms with Gasteiger partial charge >= 0.3 is 0 Å². The van der Waals surface area contributed by atoms with Gasteiger partial charge in [-0.2, -0.15) is 0 Å². The molecule has 204 valence electrons. The van der Waals surface area contributed by atoms with Crippen LogP contribution >= 0.6 is 0 Å². The van der Waals surface area contributed by atoms with Gasteiger partial charge in [0.1, 0.15) is 11.7 Å². The second kappa shape index (κ2) is 18.1. The molecule has 0 radical (unpaired) electrons. The summed E-state index contributed by atoms with van der Waals surface area (Å²) in [6.07, 6.45) is 20.6. The highest BCUT2D eigenvalue weighted by atomic mass is 15.1. The average Bonchev–Trinajstić information content (AvgIpc) is 2.95. The smallest absolute Gasteiger partial charge is 0.134 e. The van der Waals surface area contributed by atoms with Crippen molar-refractivity contribution in [2.24, 2.45) is 9.98 Å². The molecule has 0 aliphatic carbocycles. The van der Waals surface area contributed by atoms with Crippen LogP contribution in [-0.2, 0) is 0 Å². The van der Waals surface area contributed by atoms with Crippen LogP contribution in [0.15, 0.2) is 155 Å². The molecule has 0 saturated carbocycles. The molecular weight excluding hydrogens is 474 g/mol. The molecule has 1 aromatic rings. The summed E-state index contributed by atoms with van der Waals surface area (Å²) >= 11 is 0. The van der Waals surface area contributed by atoms with Crippen molar-refractivity contribution >= 4 is 11.7 Å². The maximum atomic E-state index is 5.01. The molecular formula is C36H45N3. The van der Waals surface area contributed by atoms with E-state index < -0.39 is 0 Å². The van der Waals surface area contributed by atoms with E-state index in [4.69, 9.17) is 4.99 Å². The van der Waals surface area contributed by atoms with Crippen molar-refractivity contribution in [2.45, 2.75) is 41.0 Å². The molecule has 1 N–H and O–H groups in total. The molecule has 1 aromatic carbocycles. The number of aryl methyl sites for hydroxylation is 1. The van der Waals surface area contributed by atoms with Gasteiger partial charge in [-0.15, -0.1) is 0 Å². The fraction of sp³-hybridized carbons (Fsp3) is 0.222. The van der Waals surface area contributed by atoms with Gasteiger partial charge < -0.3 is 5.32 Å². The Bertz CT molecular complexity index is 1270. The Morgan fingerprint density at radius 2 is 1.69 bits per heavy atom. The number of allylic oxidation sites excluding steroid dienone is 12. The van der Waals surface area contributed by atoms with Gasteiger partial charge in [0.05, 0.1) is 6.54 Å². The summed E-state index contributed by atoms with van der Waals surface area (Å²) in [7, 11) is 1.77. The Morgan fingerprint density at radius 1 is 1.00 bits per heavy atom. The Morgan fingerprint density at radius 3 is 2.23 bits per heavy atom. The zero-order valence-corrected chi connectivity index (χ0v) is 24.7. The Labute approximate surface area is 237 Å². The summed E-state index contributed by atoms with van der Waals surface area (Å²) in [6, 6.07) is 8.25. The summed E-state index contributed by atoms with van der Waals surface area (Å²) in [5.41, 5.74) is 8.13. The number of rotatable bonds is 13. The van der Waals surface area contributed by atoms with Gasteiger partial charge in [-0.25, -0.2) is 0 Å². The molecule has 0 fully saturated rings. The van der Waals surface area contributed by atoms with E-state index in [0.29, 0.717) is 12.4 Å². The predicted molar refractivity (Wildman–Crippen MR) is 176 cm³/mol. The molecule has 3 heteroatoms. The Hall–Kier alpha value is -4.24. The molecule has 0 aliphatic rings. The Kier molecular flexibility index (Phi) is 15.2. The number of nitrogens with one attached hydrogen (secondary N) is 1. The molecule has 0 unspecified atom stereocenters. The minimum Gasteiger partial charge on any atom is -0.325 e. The number of amidine groups is 2. The first-order valence-corrected chi connectivity index (χ1v) is 13.3. The molecule has 0 bridgehead atoms. The van der Waals surface area contributed by atoms with Gasteiger partial charge in [0.2, 0.25) is 0 Å². The van der Waals surface area contributed by atoms with E-state index in [1.54, 1.807) is 19.2 Å². The molecule has 0 spiro atoms. The van der Waals surface area contributed by atoms with Crippen LogP contribution in [0.3, 0.4) is 0 Å². The first-order valence-electron chi connectivity index (χ1n) is 13.3. The van der Waals surface area contributed by atoms with Crippen LogP contribution in [-0.4, -0.2) is 25.3 Å². The largest absolute Gasteiger partial charge is 0.325 e. The molecule has 39 heavy (non-hydrogen) atoms. The summed E-state index contributed by atoms with van der Waals surface area (Å²) in [4.78, 5) is 9.54. The molecule has 3 nitrogen and oxygen atoms in total. The number of hydrogen-bond acceptors (Lipinski definition) is 2. The molecule has 0 aromatic heterocycles. The number of benzene rings is 1. The van der Waals surface area contributed by atoms with E-state index >= 15 is 0 Å². The number of nitrogens with zero attached hydrogens (tertiary/aromatic N) is 2. The van der Waals surface area contributed by atoms with Crippen molar-refractivity contribution in [1.82, 2.24) is 5.32 Å². The fourth-order valence-electron chi connectivity index (χ4n) is 3.48. The second-order valence-electron chi connectivity index (χ2n) is 8.94. The van der Waals surface area contributed by atoms with Gasteiger partial charge in [-0.1, -0.05) is 118 Å². The van der Waals surface area contributed by atoms with Crippen LogP contribution in [0.4, 0.5) is 0 Å². The Balaban J connectivity index is 3.56. The third-order valence-electron chi connectivity index (χ3n) is 6.03. The predicted octanol–water partition coefficient (Wildman–Crippen LogP) is 9.13. The fourth-order valence-corrected chi connectivity index (χ4v) is 3.48. The normalized spacial score (nSPS) is 14.2. The first-order chi connectivity index (χ1) is 18.7. The molecule has 0 amide bonds. The lowest BCUT2D eigenvalue weighted by atomic mass is 10.0. The lowest BCUT2D eigenvalue weighted by Crippen LogP contribution is -2.32. The minimum absolute atomic E-state index is 0.469. The van der Waals surface area contributed by atoms with Gasteiger partial charge in [-0.3, -0.25) is 9.98 Å². The standard InChI is InChI=1S/C36H45N3/c1-11-16-18-28(7)30(9)24-33(15-5)36(39-35(37-10)34-22-20-27(6)21-23-34)38-26-31(13-3)25-32(14-4)29(8)19-17-12-2/h11-13,15-25H,2,5,8-9,14,26H2,1,3-4,6-7,10H3,(H,37,38,39)/b16-11-,19-17-,28-18+,31-13+,32-25+,33-24+. The van der Waals surface area contributed by atoms with E-state index in [0.717, 1.165) is 51.3 Å². The number of hydrogen-bond donors (Lipinski definition) is 1. The molecule has 0 aliphatic heterocycles. The van der Waals surface area contributed by atoms with Crippen molar-refractivity contribution in [2.75, 3.05) is 13.6 Å².